The average molecular weight is 563 g/mol. The number of aliphatic hydroxyl groups is 1. The minimum Gasteiger partial charge on any atom is -0.488 e. The highest BCUT2D eigenvalue weighted by molar-refractivity contribution is 5.70. The van der Waals surface area contributed by atoms with Crippen LogP contribution in [0.25, 0.3) is 0 Å². The highest BCUT2D eigenvalue weighted by Gasteiger charge is 2.23. The number of para-hydroxylation sites is 1. The summed E-state index contributed by atoms with van der Waals surface area (Å²) >= 11 is 0. The zero-order chi connectivity index (χ0) is 29.2. The molecule has 1 saturated carbocycles. The van der Waals surface area contributed by atoms with E-state index in [0.29, 0.717) is 36.3 Å². The Morgan fingerprint density at radius 1 is 1.10 bits per heavy atom. The minimum absolute atomic E-state index is 0.0151. The van der Waals surface area contributed by atoms with E-state index in [0.717, 1.165) is 36.1 Å². The number of hydrogen-bond donors (Lipinski definition) is 3. The molecule has 1 aliphatic carbocycles. The third-order valence-corrected chi connectivity index (χ3v) is 7.49. The van der Waals surface area contributed by atoms with E-state index in [1.165, 1.54) is 25.3 Å². The number of pyridine rings is 1. The molecule has 2 aromatic carbocycles. The fraction of sp³-hybridized carbons (Fsp3) is 0.469. The molecule has 0 bridgehead atoms. The van der Waals surface area contributed by atoms with Crippen LogP contribution in [0.15, 0.2) is 60.8 Å². The number of hydrogen-bond acceptors (Lipinski definition) is 8. The largest absolute Gasteiger partial charge is 0.488 e. The van der Waals surface area contributed by atoms with Crippen LogP contribution in [0.4, 0.5) is 11.4 Å². The Kier molecular flexibility index (Phi) is 10.5. The first-order chi connectivity index (χ1) is 19.7. The van der Waals surface area contributed by atoms with Gasteiger partial charge < -0.3 is 25.2 Å². The molecule has 0 spiro atoms. The van der Waals surface area contributed by atoms with Crippen molar-refractivity contribution in [1.82, 2.24) is 10.3 Å². The van der Waals surface area contributed by atoms with Crippen molar-refractivity contribution in [1.29, 1.82) is 0 Å². The molecular weight excluding hydrogens is 520 g/mol. The molecule has 1 aliphatic rings. The first kappa shape index (κ1) is 30.3. The molecule has 0 saturated heterocycles. The lowest BCUT2D eigenvalue weighted by molar-refractivity contribution is -0.384. The molecule has 1 fully saturated rings. The van der Waals surface area contributed by atoms with Crippen LogP contribution in [0.1, 0.15) is 57.1 Å². The van der Waals surface area contributed by atoms with Gasteiger partial charge in [-0.25, -0.2) is 4.98 Å². The van der Waals surface area contributed by atoms with E-state index in [4.69, 9.17) is 9.47 Å². The topological polar surface area (TPSA) is 119 Å². The number of nitro groups is 1. The Morgan fingerprint density at radius 2 is 1.85 bits per heavy atom. The number of aliphatic hydroxyl groups excluding tert-OH is 1. The SMILES string of the molecule is Cc1cccnc1Oc1ccc(CC(C)(C)NC[C@H](O)COc2cccc([N+](=O)[O-])c2NCC2CCCCC2)cc1. The first-order valence-corrected chi connectivity index (χ1v) is 14.5. The van der Waals surface area contributed by atoms with Crippen molar-refractivity contribution >= 4 is 11.4 Å². The normalized spacial score (nSPS) is 14.8. The molecule has 1 heterocycles. The number of rotatable bonds is 14. The molecule has 220 valence electrons. The van der Waals surface area contributed by atoms with E-state index in [9.17, 15) is 15.2 Å². The Morgan fingerprint density at radius 3 is 2.56 bits per heavy atom. The highest BCUT2D eigenvalue weighted by atomic mass is 16.6. The van der Waals surface area contributed by atoms with Crippen LogP contribution in [-0.2, 0) is 6.42 Å². The first-order valence-electron chi connectivity index (χ1n) is 14.5. The smallest absolute Gasteiger partial charge is 0.296 e. The molecule has 3 N–H and O–H groups in total. The molecular formula is C32H42N4O5. The van der Waals surface area contributed by atoms with Crippen LogP contribution in [0, 0.1) is 23.0 Å². The van der Waals surface area contributed by atoms with Crippen molar-refractivity contribution in [3.8, 4) is 17.4 Å². The summed E-state index contributed by atoms with van der Waals surface area (Å²) in [6, 6.07) is 16.6. The summed E-state index contributed by atoms with van der Waals surface area (Å²) in [5.41, 5.74) is 2.18. The lowest BCUT2D eigenvalue weighted by atomic mass is 9.89. The number of ether oxygens (including phenoxy) is 2. The number of nitro benzene ring substituents is 1. The van der Waals surface area contributed by atoms with Crippen LogP contribution in [0.5, 0.6) is 17.4 Å². The fourth-order valence-electron chi connectivity index (χ4n) is 5.18. The van der Waals surface area contributed by atoms with E-state index in [2.05, 4.69) is 29.5 Å². The zero-order valence-corrected chi connectivity index (χ0v) is 24.3. The van der Waals surface area contributed by atoms with Crippen molar-refractivity contribution < 1.29 is 19.5 Å². The summed E-state index contributed by atoms with van der Waals surface area (Å²) in [4.78, 5) is 15.6. The zero-order valence-electron chi connectivity index (χ0n) is 24.3. The van der Waals surface area contributed by atoms with Crippen molar-refractivity contribution in [2.75, 3.05) is 25.0 Å². The van der Waals surface area contributed by atoms with Crippen LogP contribution in [0.2, 0.25) is 0 Å². The van der Waals surface area contributed by atoms with Gasteiger partial charge in [-0.2, -0.15) is 0 Å². The molecule has 9 heteroatoms. The number of nitrogens with zero attached hydrogens (tertiary/aromatic N) is 2. The van der Waals surface area contributed by atoms with Gasteiger partial charge in [-0.15, -0.1) is 0 Å². The van der Waals surface area contributed by atoms with Gasteiger partial charge in [-0.1, -0.05) is 43.5 Å². The maximum absolute atomic E-state index is 11.7. The van der Waals surface area contributed by atoms with E-state index in [1.54, 1.807) is 18.3 Å². The lowest BCUT2D eigenvalue weighted by Crippen LogP contribution is -2.46. The van der Waals surface area contributed by atoms with Crippen molar-refractivity contribution in [2.45, 2.75) is 70.9 Å². The summed E-state index contributed by atoms with van der Waals surface area (Å²) in [7, 11) is 0. The molecule has 0 radical (unpaired) electrons. The number of benzene rings is 2. The van der Waals surface area contributed by atoms with Gasteiger partial charge in [0.2, 0.25) is 5.88 Å². The van der Waals surface area contributed by atoms with Gasteiger partial charge in [-0.3, -0.25) is 10.1 Å². The molecule has 0 amide bonds. The summed E-state index contributed by atoms with van der Waals surface area (Å²) in [6.07, 6.45) is 7.58. The molecule has 9 nitrogen and oxygen atoms in total. The molecule has 41 heavy (non-hydrogen) atoms. The van der Waals surface area contributed by atoms with Crippen molar-refractivity contribution in [3.63, 3.8) is 0 Å². The second-order valence-electron chi connectivity index (χ2n) is 11.6. The molecule has 0 aliphatic heterocycles. The Bertz CT molecular complexity index is 1280. The van der Waals surface area contributed by atoms with E-state index in [-0.39, 0.29) is 17.8 Å². The van der Waals surface area contributed by atoms with Gasteiger partial charge in [0.15, 0.2) is 5.69 Å². The number of aryl methyl sites for hydroxylation is 1. The van der Waals surface area contributed by atoms with E-state index in [1.807, 2.05) is 43.3 Å². The highest BCUT2D eigenvalue weighted by Crippen LogP contribution is 2.35. The van der Waals surface area contributed by atoms with Gasteiger partial charge >= 0.3 is 0 Å². The molecule has 1 atom stereocenters. The van der Waals surface area contributed by atoms with Crippen molar-refractivity contribution in [2.24, 2.45) is 5.92 Å². The number of nitrogens with one attached hydrogen (secondary N) is 2. The summed E-state index contributed by atoms with van der Waals surface area (Å²) < 4.78 is 11.8. The van der Waals surface area contributed by atoms with Crippen LogP contribution < -0.4 is 20.1 Å². The quantitative estimate of drug-likeness (QED) is 0.152. The van der Waals surface area contributed by atoms with E-state index < -0.39 is 11.0 Å². The second-order valence-corrected chi connectivity index (χ2v) is 11.6. The predicted octanol–water partition coefficient (Wildman–Crippen LogP) is 6.43. The van der Waals surface area contributed by atoms with Gasteiger partial charge in [0.05, 0.1) is 4.92 Å². The Hall–Kier alpha value is -3.69. The van der Waals surface area contributed by atoms with Crippen LogP contribution in [-0.4, -0.2) is 46.4 Å². The Balaban J connectivity index is 1.28. The summed E-state index contributed by atoms with van der Waals surface area (Å²) in [5, 5.41) is 29.1. The van der Waals surface area contributed by atoms with Gasteiger partial charge in [0.1, 0.15) is 24.2 Å². The van der Waals surface area contributed by atoms with Crippen molar-refractivity contribution in [3.05, 3.63) is 82.0 Å². The molecule has 4 rings (SSSR count). The summed E-state index contributed by atoms with van der Waals surface area (Å²) in [5.74, 6) is 2.21. The Labute approximate surface area is 242 Å². The fourth-order valence-corrected chi connectivity index (χ4v) is 5.18. The number of β-amino-alcohol motifs (C(OH)–C–C–N with tert-alkyl or cyclic N) is 1. The molecule has 3 aromatic rings. The predicted molar refractivity (Wildman–Crippen MR) is 161 cm³/mol. The molecule has 1 aromatic heterocycles. The van der Waals surface area contributed by atoms with Crippen LogP contribution in [0.3, 0.4) is 0 Å². The standard InChI is InChI=1S/C32H42N4O5/c1-23-9-8-18-33-31(23)41-27-16-14-24(15-17-27)19-32(2,3)35-21-26(37)22-40-29-13-7-12-28(36(38)39)30(29)34-20-25-10-5-4-6-11-25/h7-9,12-18,25-26,34-35,37H,4-6,10-11,19-22H2,1-3H3/t26-/m0/s1. The third-order valence-electron chi connectivity index (χ3n) is 7.49. The third kappa shape index (κ3) is 9.16. The van der Waals surface area contributed by atoms with E-state index >= 15 is 0 Å². The number of aromatic nitrogens is 1. The monoisotopic (exact) mass is 562 g/mol. The van der Waals surface area contributed by atoms with Gasteiger partial charge in [0.25, 0.3) is 5.69 Å². The minimum atomic E-state index is -0.794. The molecule has 0 unspecified atom stereocenters. The van der Waals surface area contributed by atoms with Crippen LogP contribution >= 0.6 is 0 Å². The maximum atomic E-state index is 11.7. The second kappa shape index (κ2) is 14.3. The maximum Gasteiger partial charge on any atom is 0.296 e. The van der Waals surface area contributed by atoms with Gasteiger partial charge in [-0.05, 0) is 75.8 Å². The number of anilines is 1. The van der Waals surface area contributed by atoms with Gasteiger partial charge in [0, 0.05) is 36.5 Å². The summed E-state index contributed by atoms with van der Waals surface area (Å²) in [6.45, 7) is 7.12. The average Bonchev–Trinajstić information content (AvgIpc) is 2.96. The lowest BCUT2D eigenvalue weighted by Gasteiger charge is -2.28.